The summed E-state index contributed by atoms with van der Waals surface area (Å²) in [5, 5.41) is 0. The van der Waals surface area contributed by atoms with Crippen LogP contribution in [0, 0.1) is 5.41 Å². The molecule has 1 atom stereocenters. The van der Waals surface area contributed by atoms with Gasteiger partial charge in [-0.05, 0) is 37.9 Å². The molecule has 0 saturated carbocycles. The topological polar surface area (TPSA) is 52.2 Å². The van der Waals surface area contributed by atoms with Crippen LogP contribution in [0.25, 0.3) is 11.0 Å². The fourth-order valence-corrected chi connectivity index (χ4v) is 4.03. The highest BCUT2D eigenvalue weighted by Crippen LogP contribution is 2.39. The molecule has 0 aliphatic carbocycles. The molecule has 0 bridgehead atoms. The number of amides is 1. The molecule has 5 heteroatoms. The number of likely N-dealkylation sites (tertiary alicyclic amines) is 2. The van der Waals surface area contributed by atoms with E-state index in [0.29, 0.717) is 5.91 Å². The highest BCUT2D eigenvalue weighted by atomic mass is 16.2. The fraction of sp³-hybridized carbons (Fsp3) is 0.529. The molecule has 116 valence electrons. The molecule has 22 heavy (non-hydrogen) atoms. The second kappa shape index (κ2) is 5.09. The van der Waals surface area contributed by atoms with Crippen molar-refractivity contribution in [2.24, 2.45) is 5.41 Å². The van der Waals surface area contributed by atoms with Crippen LogP contribution in [0.3, 0.4) is 0 Å². The van der Waals surface area contributed by atoms with Gasteiger partial charge in [-0.25, -0.2) is 4.98 Å². The van der Waals surface area contributed by atoms with E-state index < -0.39 is 0 Å². The number of nitrogens with zero attached hydrogens (tertiary/aromatic N) is 3. The molecule has 2 saturated heterocycles. The number of imidazole rings is 1. The van der Waals surface area contributed by atoms with Gasteiger partial charge in [0.05, 0.1) is 23.0 Å². The minimum Gasteiger partial charge on any atom is -0.345 e. The number of piperidine rings is 1. The van der Waals surface area contributed by atoms with Crippen molar-refractivity contribution in [1.82, 2.24) is 19.8 Å². The molecule has 3 heterocycles. The van der Waals surface area contributed by atoms with E-state index in [1.807, 2.05) is 30.1 Å². The average Bonchev–Trinajstić information content (AvgIpc) is 3.09. The summed E-state index contributed by atoms with van der Waals surface area (Å²) >= 11 is 0. The molecule has 2 aliphatic heterocycles. The van der Waals surface area contributed by atoms with Crippen molar-refractivity contribution in [3.63, 3.8) is 0 Å². The van der Waals surface area contributed by atoms with Crippen molar-refractivity contribution in [2.45, 2.75) is 25.8 Å². The Hall–Kier alpha value is -1.88. The summed E-state index contributed by atoms with van der Waals surface area (Å²) in [6.07, 6.45) is 3.14. The van der Waals surface area contributed by atoms with Crippen molar-refractivity contribution >= 4 is 16.9 Å². The maximum Gasteiger partial charge on any atom is 0.229 e. The first-order valence-corrected chi connectivity index (χ1v) is 8.08. The molecule has 1 N–H and O–H groups in total. The second-order valence-electron chi connectivity index (χ2n) is 6.77. The third-order valence-corrected chi connectivity index (χ3v) is 5.19. The molecule has 1 spiro atoms. The number of aromatic nitrogens is 2. The number of benzene rings is 1. The Morgan fingerprint density at radius 1 is 1.27 bits per heavy atom. The van der Waals surface area contributed by atoms with Gasteiger partial charge in [0.25, 0.3) is 0 Å². The molecule has 1 amide bonds. The summed E-state index contributed by atoms with van der Waals surface area (Å²) in [7, 11) is 1.94. The first kappa shape index (κ1) is 13.8. The van der Waals surface area contributed by atoms with Crippen LogP contribution in [-0.4, -0.2) is 52.4 Å². The highest BCUT2D eigenvalue weighted by molar-refractivity contribution is 5.84. The first-order valence-electron chi connectivity index (χ1n) is 8.08. The van der Waals surface area contributed by atoms with Crippen molar-refractivity contribution in [3.8, 4) is 0 Å². The van der Waals surface area contributed by atoms with Crippen LogP contribution in [0.4, 0.5) is 0 Å². The van der Waals surface area contributed by atoms with Crippen molar-refractivity contribution in [1.29, 1.82) is 0 Å². The van der Waals surface area contributed by atoms with E-state index in [1.54, 1.807) is 0 Å². The largest absolute Gasteiger partial charge is 0.345 e. The number of fused-ring (bicyclic) bond motifs is 1. The summed E-state index contributed by atoms with van der Waals surface area (Å²) in [6.45, 7) is 3.56. The molecular weight excluding hydrogens is 276 g/mol. The average molecular weight is 298 g/mol. The molecule has 1 aromatic heterocycles. The van der Waals surface area contributed by atoms with Gasteiger partial charge in [0, 0.05) is 20.1 Å². The molecule has 0 radical (unpaired) electrons. The van der Waals surface area contributed by atoms with Gasteiger partial charge in [-0.1, -0.05) is 12.1 Å². The van der Waals surface area contributed by atoms with E-state index in [2.05, 4.69) is 20.9 Å². The number of hydrogen-bond acceptors (Lipinski definition) is 3. The SMILES string of the molecule is CN1CCCC2(CCN(Cc3nc4ccccc4[nH]3)C2)C1=O. The number of nitrogens with one attached hydrogen (secondary N) is 1. The number of aromatic amines is 1. The third kappa shape index (κ3) is 2.20. The molecule has 2 aliphatic rings. The van der Waals surface area contributed by atoms with Crippen molar-refractivity contribution in [2.75, 3.05) is 26.7 Å². The van der Waals surface area contributed by atoms with Gasteiger partial charge in [-0.15, -0.1) is 0 Å². The van der Waals surface area contributed by atoms with Gasteiger partial charge < -0.3 is 9.88 Å². The Bertz CT molecular complexity index is 677. The number of para-hydroxylation sites is 2. The van der Waals surface area contributed by atoms with Gasteiger partial charge in [0.2, 0.25) is 5.91 Å². The Morgan fingerprint density at radius 3 is 3.00 bits per heavy atom. The van der Waals surface area contributed by atoms with Gasteiger partial charge in [-0.3, -0.25) is 9.69 Å². The Morgan fingerprint density at radius 2 is 2.14 bits per heavy atom. The van der Waals surface area contributed by atoms with Crippen LogP contribution < -0.4 is 0 Å². The summed E-state index contributed by atoms with van der Waals surface area (Å²) in [5.41, 5.74) is 1.96. The third-order valence-electron chi connectivity index (χ3n) is 5.19. The summed E-state index contributed by atoms with van der Waals surface area (Å²) in [6, 6.07) is 8.11. The normalized spacial score (nSPS) is 26.4. The van der Waals surface area contributed by atoms with Crippen LogP contribution in [0.1, 0.15) is 25.1 Å². The van der Waals surface area contributed by atoms with Crippen molar-refractivity contribution in [3.05, 3.63) is 30.1 Å². The number of H-pyrrole nitrogens is 1. The zero-order chi connectivity index (χ0) is 15.2. The number of hydrogen-bond donors (Lipinski definition) is 1. The number of rotatable bonds is 2. The van der Waals surface area contributed by atoms with E-state index in [9.17, 15) is 4.79 Å². The molecule has 5 nitrogen and oxygen atoms in total. The Balaban J connectivity index is 1.50. The van der Waals surface area contributed by atoms with Crippen LogP contribution >= 0.6 is 0 Å². The summed E-state index contributed by atoms with van der Waals surface area (Å²) < 4.78 is 0. The first-order chi connectivity index (χ1) is 10.7. The predicted octanol–water partition coefficient (Wildman–Crippen LogP) is 2.01. The molecule has 1 unspecified atom stereocenters. The van der Waals surface area contributed by atoms with Crippen LogP contribution in [0.5, 0.6) is 0 Å². The lowest BCUT2D eigenvalue weighted by molar-refractivity contribution is -0.143. The lowest BCUT2D eigenvalue weighted by Gasteiger charge is -2.37. The lowest BCUT2D eigenvalue weighted by Crippen LogP contribution is -2.48. The summed E-state index contributed by atoms with van der Waals surface area (Å²) in [5.74, 6) is 1.33. The minimum atomic E-state index is -0.140. The monoisotopic (exact) mass is 298 g/mol. The zero-order valence-corrected chi connectivity index (χ0v) is 13.0. The second-order valence-corrected chi connectivity index (χ2v) is 6.77. The van der Waals surface area contributed by atoms with E-state index in [1.165, 1.54) is 0 Å². The zero-order valence-electron chi connectivity index (χ0n) is 13.0. The van der Waals surface area contributed by atoms with Gasteiger partial charge in [-0.2, -0.15) is 0 Å². The Kier molecular flexibility index (Phi) is 3.18. The smallest absolute Gasteiger partial charge is 0.229 e. The van der Waals surface area contributed by atoms with Crippen LogP contribution in [0.15, 0.2) is 24.3 Å². The molecule has 4 rings (SSSR count). The quantitative estimate of drug-likeness (QED) is 0.922. The van der Waals surface area contributed by atoms with E-state index >= 15 is 0 Å². The Labute approximate surface area is 130 Å². The van der Waals surface area contributed by atoms with E-state index in [-0.39, 0.29) is 5.41 Å². The van der Waals surface area contributed by atoms with Crippen molar-refractivity contribution < 1.29 is 4.79 Å². The van der Waals surface area contributed by atoms with E-state index in [4.69, 9.17) is 0 Å². The number of carbonyl (C=O) groups is 1. The maximum absolute atomic E-state index is 12.6. The standard InChI is InChI=1S/C17H22N4O/c1-20-9-4-7-17(16(20)22)8-10-21(12-17)11-15-18-13-5-2-3-6-14(13)19-15/h2-3,5-6H,4,7-12H2,1H3,(H,18,19). The summed E-state index contributed by atoms with van der Waals surface area (Å²) in [4.78, 5) is 24.9. The van der Waals surface area contributed by atoms with E-state index in [0.717, 1.165) is 62.3 Å². The molecule has 2 aromatic rings. The van der Waals surface area contributed by atoms with Gasteiger partial charge >= 0.3 is 0 Å². The van der Waals surface area contributed by atoms with Gasteiger partial charge in [0.15, 0.2) is 0 Å². The fourth-order valence-electron chi connectivity index (χ4n) is 4.03. The maximum atomic E-state index is 12.6. The highest BCUT2D eigenvalue weighted by Gasteiger charge is 2.47. The molecule has 2 fully saturated rings. The minimum absolute atomic E-state index is 0.140. The predicted molar refractivity (Wildman–Crippen MR) is 85.3 cm³/mol. The lowest BCUT2D eigenvalue weighted by atomic mass is 9.78. The van der Waals surface area contributed by atoms with Crippen LogP contribution in [-0.2, 0) is 11.3 Å². The molecular formula is C17H22N4O. The molecule has 1 aromatic carbocycles. The van der Waals surface area contributed by atoms with Crippen LogP contribution in [0.2, 0.25) is 0 Å². The number of carbonyl (C=O) groups excluding carboxylic acids is 1. The van der Waals surface area contributed by atoms with Gasteiger partial charge in [0.1, 0.15) is 5.82 Å².